The van der Waals surface area contributed by atoms with Crippen molar-refractivity contribution in [1.29, 1.82) is 0 Å². The number of carbonyl (C=O) groups excluding carboxylic acids is 1. The Bertz CT molecular complexity index is 618. The highest BCUT2D eigenvalue weighted by molar-refractivity contribution is 5.94. The smallest absolute Gasteiger partial charge is 0.251 e. The van der Waals surface area contributed by atoms with E-state index in [4.69, 9.17) is 9.52 Å². The van der Waals surface area contributed by atoms with Crippen molar-refractivity contribution < 1.29 is 14.3 Å². The van der Waals surface area contributed by atoms with Gasteiger partial charge >= 0.3 is 0 Å². The Morgan fingerprint density at radius 1 is 1.35 bits per heavy atom. The molecule has 1 amide bonds. The summed E-state index contributed by atoms with van der Waals surface area (Å²) in [5, 5.41) is 11.5. The Morgan fingerprint density at radius 3 is 2.70 bits per heavy atom. The van der Waals surface area contributed by atoms with Gasteiger partial charge in [0.25, 0.3) is 5.91 Å². The molecule has 20 heavy (non-hydrogen) atoms. The van der Waals surface area contributed by atoms with Crippen LogP contribution in [0.2, 0.25) is 0 Å². The molecule has 4 nitrogen and oxygen atoms in total. The molecule has 1 aromatic heterocycles. The quantitative estimate of drug-likeness (QED) is 0.839. The van der Waals surface area contributed by atoms with Crippen molar-refractivity contribution in [2.45, 2.75) is 13.0 Å². The zero-order valence-corrected chi connectivity index (χ0v) is 11.1. The summed E-state index contributed by atoms with van der Waals surface area (Å²) >= 11 is 0. The molecule has 1 unspecified atom stereocenters. The van der Waals surface area contributed by atoms with Gasteiger partial charge in [-0.1, -0.05) is 11.8 Å². The molecule has 0 radical (unpaired) electrons. The van der Waals surface area contributed by atoms with Gasteiger partial charge in [0.1, 0.15) is 12.4 Å². The van der Waals surface area contributed by atoms with Gasteiger partial charge in [-0.05, 0) is 43.3 Å². The summed E-state index contributed by atoms with van der Waals surface area (Å²) in [6.07, 6.45) is 1.58. The number of aliphatic hydroxyl groups excluding tert-OH is 1. The summed E-state index contributed by atoms with van der Waals surface area (Å²) in [7, 11) is 0. The van der Waals surface area contributed by atoms with Crippen molar-refractivity contribution in [3.8, 4) is 11.8 Å². The second-order valence-electron chi connectivity index (χ2n) is 4.25. The van der Waals surface area contributed by atoms with E-state index >= 15 is 0 Å². The first-order valence-corrected chi connectivity index (χ1v) is 6.25. The van der Waals surface area contributed by atoms with Crippen molar-refractivity contribution >= 4 is 5.91 Å². The second kappa shape index (κ2) is 6.60. The first kappa shape index (κ1) is 13.9. The maximum atomic E-state index is 12.0. The van der Waals surface area contributed by atoms with Crippen LogP contribution in [0.1, 0.15) is 34.6 Å². The molecule has 0 aliphatic rings. The van der Waals surface area contributed by atoms with Gasteiger partial charge in [-0.15, -0.1) is 0 Å². The number of rotatable bonds is 3. The number of nitrogens with one attached hydrogen (secondary N) is 1. The van der Waals surface area contributed by atoms with Crippen LogP contribution in [0, 0.1) is 11.8 Å². The van der Waals surface area contributed by atoms with Gasteiger partial charge in [-0.2, -0.15) is 0 Å². The highest BCUT2D eigenvalue weighted by atomic mass is 16.3. The molecule has 4 heteroatoms. The van der Waals surface area contributed by atoms with Crippen molar-refractivity contribution in [2.24, 2.45) is 0 Å². The highest BCUT2D eigenvalue weighted by Crippen LogP contribution is 2.13. The molecule has 0 spiro atoms. The standard InChI is InChI=1S/C16H15NO3/c1-12(15-5-3-11-20-15)17-16(19)14-8-6-13(7-9-14)4-2-10-18/h3,5-9,11-12,18H,10H2,1H3,(H,17,19). The molecular weight excluding hydrogens is 254 g/mol. The fraction of sp³-hybridized carbons (Fsp3) is 0.188. The van der Waals surface area contributed by atoms with E-state index in [1.54, 1.807) is 36.6 Å². The number of hydrogen-bond acceptors (Lipinski definition) is 3. The Morgan fingerprint density at radius 2 is 2.10 bits per heavy atom. The molecule has 0 fully saturated rings. The Labute approximate surface area is 117 Å². The predicted molar refractivity (Wildman–Crippen MR) is 75.0 cm³/mol. The Hall–Kier alpha value is -2.51. The molecule has 0 bridgehead atoms. The molecule has 1 heterocycles. The van der Waals surface area contributed by atoms with Crippen molar-refractivity contribution in [1.82, 2.24) is 5.32 Å². The molecule has 0 saturated carbocycles. The minimum absolute atomic E-state index is 0.171. The molecule has 2 N–H and O–H groups in total. The van der Waals surface area contributed by atoms with E-state index in [0.717, 1.165) is 5.56 Å². The molecule has 1 atom stereocenters. The third kappa shape index (κ3) is 3.50. The number of hydrogen-bond donors (Lipinski definition) is 2. The van der Waals surface area contributed by atoms with Crippen molar-refractivity contribution in [3.63, 3.8) is 0 Å². The molecule has 0 aliphatic heterocycles. The van der Waals surface area contributed by atoms with Crippen LogP contribution in [0.15, 0.2) is 47.1 Å². The van der Waals surface area contributed by atoms with Crippen LogP contribution < -0.4 is 5.32 Å². The summed E-state index contributed by atoms with van der Waals surface area (Å²) < 4.78 is 5.24. The van der Waals surface area contributed by atoms with E-state index < -0.39 is 0 Å². The molecule has 102 valence electrons. The minimum Gasteiger partial charge on any atom is -0.467 e. The zero-order valence-electron chi connectivity index (χ0n) is 11.1. The average molecular weight is 269 g/mol. The maximum Gasteiger partial charge on any atom is 0.251 e. The van der Waals surface area contributed by atoms with Gasteiger partial charge < -0.3 is 14.8 Å². The summed E-state index contributed by atoms with van der Waals surface area (Å²) in [6, 6.07) is 10.3. The SMILES string of the molecule is CC(NC(=O)c1ccc(C#CCO)cc1)c1ccco1. The number of aliphatic hydroxyl groups is 1. The summed E-state index contributed by atoms with van der Waals surface area (Å²) in [5.41, 5.74) is 1.31. The lowest BCUT2D eigenvalue weighted by atomic mass is 10.1. The minimum atomic E-state index is -0.189. The second-order valence-corrected chi connectivity index (χ2v) is 4.25. The summed E-state index contributed by atoms with van der Waals surface area (Å²) in [6.45, 7) is 1.68. The van der Waals surface area contributed by atoms with Gasteiger partial charge in [0.05, 0.1) is 12.3 Å². The molecule has 0 saturated heterocycles. The maximum absolute atomic E-state index is 12.0. The zero-order chi connectivity index (χ0) is 14.4. The normalized spacial score (nSPS) is 11.3. The third-order valence-electron chi connectivity index (χ3n) is 2.78. The lowest BCUT2D eigenvalue weighted by Gasteiger charge is -2.11. The number of benzene rings is 1. The van der Waals surface area contributed by atoms with E-state index in [-0.39, 0.29) is 18.6 Å². The largest absolute Gasteiger partial charge is 0.467 e. The lowest BCUT2D eigenvalue weighted by Crippen LogP contribution is -2.26. The van der Waals surface area contributed by atoms with Gasteiger partial charge in [0.2, 0.25) is 0 Å². The first-order valence-electron chi connectivity index (χ1n) is 6.25. The number of furan rings is 1. The fourth-order valence-electron chi connectivity index (χ4n) is 1.74. The van der Waals surface area contributed by atoms with Crippen molar-refractivity contribution in [3.05, 3.63) is 59.5 Å². The van der Waals surface area contributed by atoms with Crippen molar-refractivity contribution in [2.75, 3.05) is 6.61 Å². The van der Waals surface area contributed by atoms with E-state index in [1.807, 2.05) is 13.0 Å². The van der Waals surface area contributed by atoms with Crippen LogP contribution >= 0.6 is 0 Å². The van der Waals surface area contributed by atoms with E-state index in [0.29, 0.717) is 11.3 Å². The molecule has 2 aromatic rings. The molecule has 2 rings (SSSR count). The molecular formula is C16H15NO3. The molecule has 1 aromatic carbocycles. The van der Waals surface area contributed by atoms with Gasteiger partial charge in [0, 0.05) is 11.1 Å². The fourth-order valence-corrected chi connectivity index (χ4v) is 1.74. The van der Waals surface area contributed by atoms with Crippen LogP contribution in [0.25, 0.3) is 0 Å². The average Bonchev–Trinajstić information content (AvgIpc) is 3.00. The van der Waals surface area contributed by atoms with Gasteiger partial charge in [0.15, 0.2) is 0 Å². The summed E-state index contributed by atoms with van der Waals surface area (Å²) in [5.74, 6) is 5.87. The number of amides is 1. The van der Waals surface area contributed by atoms with Crippen LogP contribution in [0.3, 0.4) is 0 Å². The lowest BCUT2D eigenvalue weighted by molar-refractivity contribution is 0.0935. The van der Waals surface area contributed by atoms with E-state index in [9.17, 15) is 4.79 Å². The van der Waals surface area contributed by atoms with Crippen LogP contribution in [-0.4, -0.2) is 17.6 Å². The summed E-state index contributed by atoms with van der Waals surface area (Å²) in [4.78, 5) is 12.0. The van der Waals surface area contributed by atoms with Crippen LogP contribution in [0.4, 0.5) is 0 Å². The van der Waals surface area contributed by atoms with E-state index in [1.165, 1.54) is 0 Å². The predicted octanol–water partition coefficient (Wildman–Crippen LogP) is 2.11. The highest BCUT2D eigenvalue weighted by Gasteiger charge is 2.12. The molecule has 0 aliphatic carbocycles. The third-order valence-corrected chi connectivity index (χ3v) is 2.78. The topological polar surface area (TPSA) is 62.5 Å². The van der Waals surface area contributed by atoms with Crippen LogP contribution in [0.5, 0.6) is 0 Å². The van der Waals surface area contributed by atoms with Crippen LogP contribution in [-0.2, 0) is 0 Å². The first-order chi connectivity index (χ1) is 9.70. The monoisotopic (exact) mass is 269 g/mol. The Kier molecular flexibility index (Phi) is 4.59. The van der Waals surface area contributed by atoms with Gasteiger partial charge in [-0.3, -0.25) is 4.79 Å². The van der Waals surface area contributed by atoms with E-state index in [2.05, 4.69) is 17.2 Å². The Balaban J connectivity index is 2.02. The number of carbonyl (C=O) groups is 1. The van der Waals surface area contributed by atoms with Gasteiger partial charge in [-0.25, -0.2) is 0 Å².